The van der Waals surface area contributed by atoms with Gasteiger partial charge in [-0.15, -0.1) is 12.3 Å². The summed E-state index contributed by atoms with van der Waals surface area (Å²) >= 11 is 0. The number of carbonyl (C=O) groups is 1. The Labute approximate surface area is 105 Å². The molecule has 1 amide bonds. The van der Waals surface area contributed by atoms with Crippen LogP contribution in [-0.2, 0) is 4.79 Å². The number of amides is 1. The highest BCUT2D eigenvalue weighted by atomic mass is 19.1. The SMILES string of the molecule is C#CCC(N)C(=O)Nc1ccc(OCC)c(F)c1. The predicted octanol–water partition coefficient (Wildman–Crippen LogP) is 1.51. The summed E-state index contributed by atoms with van der Waals surface area (Å²) in [5.74, 6) is 1.44. The lowest BCUT2D eigenvalue weighted by Gasteiger charge is -2.11. The van der Waals surface area contributed by atoms with Crippen LogP contribution >= 0.6 is 0 Å². The van der Waals surface area contributed by atoms with Crippen molar-refractivity contribution in [2.45, 2.75) is 19.4 Å². The van der Waals surface area contributed by atoms with Gasteiger partial charge < -0.3 is 15.8 Å². The normalized spacial score (nSPS) is 11.4. The Morgan fingerprint density at radius 3 is 2.94 bits per heavy atom. The summed E-state index contributed by atoms with van der Waals surface area (Å²) in [5.41, 5.74) is 5.83. The van der Waals surface area contributed by atoms with Gasteiger partial charge in [-0.25, -0.2) is 4.39 Å². The van der Waals surface area contributed by atoms with Crippen molar-refractivity contribution >= 4 is 11.6 Å². The third-order valence-corrected chi connectivity index (χ3v) is 2.17. The van der Waals surface area contributed by atoms with E-state index in [0.717, 1.165) is 0 Å². The maximum Gasteiger partial charge on any atom is 0.242 e. The van der Waals surface area contributed by atoms with Crippen LogP contribution in [0.1, 0.15) is 13.3 Å². The molecule has 0 radical (unpaired) electrons. The number of hydrogen-bond donors (Lipinski definition) is 2. The minimum Gasteiger partial charge on any atom is -0.491 e. The highest BCUT2D eigenvalue weighted by molar-refractivity contribution is 5.94. The van der Waals surface area contributed by atoms with Crippen LogP contribution in [0, 0.1) is 18.2 Å². The van der Waals surface area contributed by atoms with Crippen LogP contribution in [0.3, 0.4) is 0 Å². The molecule has 4 nitrogen and oxygen atoms in total. The van der Waals surface area contributed by atoms with Gasteiger partial charge in [0.25, 0.3) is 0 Å². The van der Waals surface area contributed by atoms with Gasteiger partial charge in [0.05, 0.1) is 12.6 Å². The molecule has 1 unspecified atom stereocenters. The fourth-order valence-electron chi connectivity index (χ4n) is 1.31. The van der Waals surface area contributed by atoms with Gasteiger partial charge in [-0.1, -0.05) is 0 Å². The van der Waals surface area contributed by atoms with Crippen LogP contribution in [0.25, 0.3) is 0 Å². The van der Waals surface area contributed by atoms with Gasteiger partial charge in [0, 0.05) is 18.2 Å². The number of nitrogens with one attached hydrogen (secondary N) is 1. The van der Waals surface area contributed by atoms with Crippen LogP contribution in [0.15, 0.2) is 18.2 Å². The largest absolute Gasteiger partial charge is 0.491 e. The second-order valence-corrected chi connectivity index (χ2v) is 3.58. The van der Waals surface area contributed by atoms with Gasteiger partial charge >= 0.3 is 0 Å². The molecule has 1 atom stereocenters. The fourth-order valence-corrected chi connectivity index (χ4v) is 1.31. The molecule has 0 spiro atoms. The van der Waals surface area contributed by atoms with Gasteiger partial charge in [-0.3, -0.25) is 4.79 Å². The first-order chi connectivity index (χ1) is 8.58. The average Bonchev–Trinajstić information content (AvgIpc) is 2.33. The zero-order chi connectivity index (χ0) is 13.5. The maximum atomic E-state index is 13.5. The predicted molar refractivity (Wildman–Crippen MR) is 67.6 cm³/mol. The second-order valence-electron chi connectivity index (χ2n) is 3.58. The Hall–Kier alpha value is -2.06. The number of carbonyl (C=O) groups excluding carboxylic acids is 1. The smallest absolute Gasteiger partial charge is 0.242 e. The van der Waals surface area contributed by atoms with Gasteiger partial charge in [0.2, 0.25) is 5.91 Å². The van der Waals surface area contributed by atoms with Crippen molar-refractivity contribution < 1.29 is 13.9 Å². The van der Waals surface area contributed by atoms with Crippen molar-refractivity contribution in [2.24, 2.45) is 5.73 Å². The summed E-state index contributed by atoms with van der Waals surface area (Å²) in [4.78, 5) is 11.5. The van der Waals surface area contributed by atoms with E-state index in [1.165, 1.54) is 18.2 Å². The molecule has 0 aliphatic carbocycles. The zero-order valence-electron chi connectivity index (χ0n) is 10.1. The molecular weight excluding hydrogens is 235 g/mol. The molecule has 1 aromatic carbocycles. The van der Waals surface area contributed by atoms with Crippen LogP contribution in [-0.4, -0.2) is 18.6 Å². The van der Waals surface area contributed by atoms with E-state index in [4.69, 9.17) is 16.9 Å². The molecule has 0 saturated heterocycles. The molecule has 0 bridgehead atoms. The molecule has 0 aliphatic heterocycles. The molecule has 0 heterocycles. The summed E-state index contributed by atoms with van der Waals surface area (Å²) in [6.45, 7) is 2.13. The van der Waals surface area contributed by atoms with Gasteiger partial charge in [-0.2, -0.15) is 0 Å². The number of benzene rings is 1. The number of hydrogen-bond acceptors (Lipinski definition) is 3. The van der Waals surface area contributed by atoms with E-state index in [1.54, 1.807) is 6.92 Å². The standard InChI is InChI=1S/C13H15FN2O2/c1-3-5-11(15)13(17)16-9-6-7-12(18-4-2)10(14)8-9/h1,6-8,11H,4-5,15H2,2H3,(H,16,17). The van der Waals surface area contributed by atoms with E-state index in [2.05, 4.69) is 11.2 Å². The lowest BCUT2D eigenvalue weighted by molar-refractivity contribution is -0.117. The lowest BCUT2D eigenvalue weighted by Crippen LogP contribution is -2.35. The van der Waals surface area contributed by atoms with Crippen molar-refractivity contribution in [1.82, 2.24) is 0 Å². The van der Waals surface area contributed by atoms with Crippen molar-refractivity contribution in [3.8, 4) is 18.1 Å². The third kappa shape index (κ3) is 3.75. The minimum atomic E-state index is -0.801. The first kappa shape index (κ1) is 14.0. The number of ether oxygens (including phenoxy) is 1. The quantitative estimate of drug-likeness (QED) is 0.779. The fraction of sp³-hybridized carbons (Fsp3) is 0.308. The van der Waals surface area contributed by atoms with E-state index in [1.807, 2.05) is 0 Å². The number of nitrogens with two attached hydrogens (primary N) is 1. The molecule has 0 fully saturated rings. The molecule has 1 rings (SSSR count). The molecule has 3 N–H and O–H groups in total. The lowest BCUT2D eigenvalue weighted by atomic mass is 10.2. The summed E-state index contributed by atoms with van der Waals surface area (Å²) in [6.07, 6.45) is 5.18. The van der Waals surface area contributed by atoms with Crippen LogP contribution in [0.4, 0.5) is 10.1 Å². The van der Waals surface area contributed by atoms with E-state index in [9.17, 15) is 9.18 Å². The van der Waals surface area contributed by atoms with E-state index in [0.29, 0.717) is 12.3 Å². The van der Waals surface area contributed by atoms with Crippen LogP contribution in [0.2, 0.25) is 0 Å². The highest BCUT2D eigenvalue weighted by Gasteiger charge is 2.13. The van der Waals surface area contributed by atoms with Crippen molar-refractivity contribution in [2.75, 3.05) is 11.9 Å². The Morgan fingerprint density at radius 1 is 1.67 bits per heavy atom. The summed E-state index contributed by atoms with van der Waals surface area (Å²) in [6, 6.07) is 3.35. The Bertz CT molecular complexity index is 469. The highest BCUT2D eigenvalue weighted by Crippen LogP contribution is 2.21. The van der Waals surface area contributed by atoms with Gasteiger partial charge in [0.1, 0.15) is 0 Å². The van der Waals surface area contributed by atoms with E-state index in [-0.39, 0.29) is 12.2 Å². The van der Waals surface area contributed by atoms with Crippen LogP contribution < -0.4 is 15.8 Å². The van der Waals surface area contributed by atoms with E-state index < -0.39 is 17.8 Å². The first-order valence-corrected chi connectivity index (χ1v) is 5.50. The molecule has 0 aromatic heterocycles. The molecule has 1 aromatic rings. The summed E-state index contributed by atoms with van der Waals surface area (Å²) in [7, 11) is 0. The van der Waals surface area contributed by atoms with Gasteiger partial charge in [0.15, 0.2) is 11.6 Å². The molecule has 18 heavy (non-hydrogen) atoms. The molecule has 0 saturated carbocycles. The number of halogens is 1. The van der Waals surface area contributed by atoms with Crippen molar-refractivity contribution in [3.05, 3.63) is 24.0 Å². The Balaban J connectivity index is 2.72. The number of rotatable bonds is 5. The Kier molecular flexibility index (Phi) is 5.15. The third-order valence-electron chi connectivity index (χ3n) is 2.17. The minimum absolute atomic E-state index is 0.130. The van der Waals surface area contributed by atoms with Gasteiger partial charge in [-0.05, 0) is 19.1 Å². The molecule has 96 valence electrons. The summed E-state index contributed by atoms with van der Waals surface area (Å²) in [5, 5.41) is 2.48. The monoisotopic (exact) mass is 250 g/mol. The first-order valence-electron chi connectivity index (χ1n) is 5.50. The van der Waals surface area contributed by atoms with Crippen molar-refractivity contribution in [3.63, 3.8) is 0 Å². The van der Waals surface area contributed by atoms with Crippen LogP contribution in [0.5, 0.6) is 5.75 Å². The zero-order valence-corrected chi connectivity index (χ0v) is 10.1. The maximum absolute atomic E-state index is 13.5. The molecular formula is C13H15FN2O2. The summed E-state index contributed by atoms with van der Waals surface area (Å²) < 4.78 is 18.5. The second kappa shape index (κ2) is 6.62. The number of anilines is 1. The van der Waals surface area contributed by atoms with Crippen molar-refractivity contribution in [1.29, 1.82) is 0 Å². The molecule has 5 heteroatoms. The Morgan fingerprint density at radius 2 is 2.39 bits per heavy atom. The topological polar surface area (TPSA) is 64.4 Å². The van der Waals surface area contributed by atoms with E-state index >= 15 is 0 Å². The average molecular weight is 250 g/mol. The molecule has 0 aliphatic rings. The number of terminal acetylenes is 1.